The minimum Gasteiger partial charge on any atom is -0.338 e. The molecule has 1 unspecified atom stereocenters. The molecular formula is C13H22N4O3S. The van der Waals surface area contributed by atoms with Gasteiger partial charge in [0.15, 0.2) is 0 Å². The number of urea groups is 1. The standard InChI is InChI=1S/C13H22N4O3S/c1-10(15-2)11-5-3-6-12(9-11)17-13(18)16-7-4-8-21(14,19)20/h3,5-6,9-10,15H,4,7-8H2,1-2H3,(H2,14,19,20)(H2,16,17,18). The molecule has 5 N–H and O–H groups in total. The first kappa shape index (κ1) is 17.4. The van der Waals surface area contributed by atoms with Crippen LogP contribution >= 0.6 is 0 Å². The molecule has 0 radical (unpaired) electrons. The molecule has 1 rings (SSSR count). The Morgan fingerprint density at radius 2 is 2.10 bits per heavy atom. The van der Waals surface area contributed by atoms with Crippen molar-refractivity contribution in [2.24, 2.45) is 5.14 Å². The molecule has 1 aromatic carbocycles. The molecule has 0 aliphatic rings. The highest BCUT2D eigenvalue weighted by atomic mass is 32.2. The Bertz CT molecular complexity index is 575. The van der Waals surface area contributed by atoms with E-state index in [4.69, 9.17) is 5.14 Å². The van der Waals surface area contributed by atoms with Gasteiger partial charge in [0.05, 0.1) is 5.75 Å². The number of nitrogens with two attached hydrogens (primary N) is 1. The fraction of sp³-hybridized carbons (Fsp3) is 0.462. The van der Waals surface area contributed by atoms with Gasteiger partial charge in [-0.25, -0.2) is 18.4 Å². The number of anilines is 1. The van der Waals surface area contributed by atoms with Crippen molar-refractivity contribution in [3.8, 4) is 0 Å². The summed E-state index contributed by atoms with van der Waals surface area (Å²) >= 11 is 0. The van der Waals surface area contributed by atoms with E-state index in [0.717, 1.165) is 5.56 Å². The molecule has 1 atom stereocenters. The lowest BCUT2D eigenvalue weighted by Gasteiger charge is -2.13. The lowest BCUT2D eigenvalue weighted by atomic mass is 10.1. The van der Waals surface area contributed by atoms with E-state index < -0.39 is 10.0 Å². The van der Waals surface area contributed by atoms with Crippen molar-refractivity contribution in [2.75, 3.05) is 24.7 Å². The monoisotopic (exact) mass is 314 g/mol. The first-order valence-corrected chi connectivity index (χ1v) is 8.36. The second kappa shape index (κ2) is 7.96. The molecule has 1 aromatic rings. The van der Waals surface area contributed by atoms with Crippen LogP contribution in [0, 0.1) is 0 Å². The third kappa shape index (κ3) is 7.07. The Kier molecular flexibility index (Phi) is 6.60. The Labute approximate surface area is 125 Å². The van der Waals surface area contributed by atoms with Crippen LogP contribution in [0.3, 0.4) is 0 Å². The minimum atomic E-state index is -3.48. The van der Waals surface area contributed by atoms with Crippen LogP contribution in [0.15, 0.2) is 24.3 Å². The van der Waals surface area contributed by atoms with Crippen molar-refractivity contribution < 1.29 is 13.2 Å². The normalized spacial score (nSPS) is 12.7. The lowest BCUT2D eigenvalue weighted by Crippen LogP contribution is -2.31. The Morgan fingerprint density at radius 1 is 1.38 bits per heavy atom. The summed E-state index contributed by atoms with van der Waals surface area (Å²) in [7, 11) is -1.61. The molecule has 118 valence electrons. The van der Waals surface area contributed by atoms with Gasteiger partial charge in [-0.3, -0.25) is 0 Å². The first-order chi connectivity index (χ1) is 9.81. The number of rotatable bonds is 7. The average molecular weight is 314 g/mol. The number of nitrogens with one attached hydrogen (secondary N) is 3. The van der Waals surface area contributed by atoms with Gasteiger partial charge >= 0.3 is 6.03 Å². The molecule has 0 spiro atoms. The van der Waals surface area contributed by atoms with Gasteiger partial charge in [0.25, 0.3) is 0 Å². The summed E-state index contributed by atoms with van der Waals surface area (Å²) in [5.41, 5.74) is 1.74. The Morgan fingerprint density at radius 3 is 2.71 bits per heavy atom. The molecule has 0 fully saturated rings. The second-order valence-corrected chi connectivity index (χ2v) is 6.47. The average Bonchev–Trinajstić information content (AvgIpc) is 2.42. The summed E-state index contributed by atoms with van der Waals surface area (Å²) in [6.07, 6.45) is 0.281. The van der Waals surface area contributed by atoms with Gasteiger partial charge in [-0.1, -0.05) is 12.1 Å². The quantitative estimate of drug-likeness (QED) is 0.557. The molecule has 0 aliphatic heterocycles. The molecule has 2 amide bonds. The number of hydrogen-bond acceptors (Lipinski definition) is 4. The fourth-order valence-corrected chi connectivity index (χ4v) is 2.25. The van der Waals surface area contributed by atoms with E-state index >= 15 is 0 Å². The maximum atomic E-state index is 11.7. The van der Waals surface area contributed by atoms with E-state index in [2.05, 4.69) is 16.0 Å². The van der Waals surface area contributed by atoms with Crippen molar-refractivity contribution >= 4 is 21.7 Å². The maximum absolute atomic E-state index is 11.7. The minimum absolute atomic E-state index is 0.150. The SMILES string of the molecule is CNC(C)c1cccc(NC(=O)NCCCS(N)(=O)=O)c1. The third-order valence-corrected chi connectivity index (χ3v) is 3.83. The summed E-state index contributed by atoms with van der Waals surface area (Å²) in [5.74, 6) is -0.150. The number of primary sulfonamides is 1. The number of hydrogen-bond donors (Lipinski definition) is 4. The van der Waals surface area contributed by atoms with Gasteiger partial charge in [-0.2, -0.15) is 0 Å². The summed E-state index contributed by atoms with van der Waals surface area (Å²) in [5, 5.41) is 13.3. The van der Waals surface area contributed by atoms with Crippen LogP contribution in [0.25, 0.3) is 0 Å². The summed E-state index contributed by atoms with van der Waals surface area (Å²) in [6.45, 7) is 2.27. The number of benzene rings is 1. The molecule has 0 bridgehead atoms. The van der Waals surface area contributed by atoms with Crippen molar-refractivity contribution in [2.45, 2.75) is 19.4 Å². The molecule has 7 nitrogen and oxygen atoms in total. The number of sulfonamides is 1. The smallest absolute Gasteiger partial charge is 0.319 e. The zero-order chi connectivity index (χ0) is 15.9. The zero-order valence-electron chi connectivity index (χ0n) is 12.2. The predicted octanol–water partition coefficient (Wildman–Crippen LogP) is 0.767. The Hall–Kier alpha value is -1.64. The molecule has 0 aromatic heterocycles. The van der Waals surface area contributed by atoms with Crippen LogP contribution in [-0.4, -0.2) is 33.8 Å². The molecule has 0 aliphatic carbocycles. The van der Waals surface area contributed by atoms with Crippen molar-refractivity contribution in [1.82, 2.24) is 10.6 Å². The number of carbonyl (C=O) groups excluding carboxylic acids is 1. The highest BCUT2D eigenvalue weighted by molar-refractivity contribution is 7.89. The van der Waals surface area contributed by atoms with Gasteiger partial charge in [0.2, 0.25) is 10.0 Å². The molecule has 0 heterocycles. The van der Waals surface area contributed by atoms with E-state index in [1.54, 1.807) is 6.07 Å². The Balaban J connectivity index is 2.44. The van der Waals surface area contributed by atoms with E-state index in [9.17, 15) is 13.2 Å². The molecule has 0 saturated heterocycles. The van der Waals surface area contributed by atoms with E-state index in [1.165, 1.54) is 0 Å². The summed E-state index contributed by atoms with van der Waals surface area (Å²) in [6, 6.07) is 7.31. The topological polar surface area (TPSA) is 113 Å². The lowest BCUT2D eigenvalue weighted by molar-refractivity contribution is 0.252. The van der Waals surface area contributed by atoms with Crippen LogP contribution in [0.1, 0.15) is 24.9 Å². The molecule has 8 heteroatoms. The maximum Gasteiger partial charge on any atom is 0.319 e. The molecular weight excluding hydrogens is 292 g/mol. The van der Waals surface area contributed by atoms with Crippen molar-refractivity contribution in [1.29, 1.82) is 0 Å². The van der Waals surface area contributed by atoms with E-state index in [0.29, 0.717) is 5.69 Å². The van der Waals surface area contributed by atoms with Crippen LogP contribution in [-0.2, 0) is 10.0 Å². The van der Waals surface area contributed by atoms with E-state index in [-0.39, 0.29) is 30.8 Å². The largest absolute Gasteiger partial charge is 0.338 e. The second-order valence-electron chi connectivity index (χ2n) is 4.74. The highest BCUT2D eigenvalue weighted by Crippen LogP contribution is 2.16. The first-order valence-electron chi connectivity index (χ1n) is 6.64. The van der Waals surface area contributed by atoms with Crippen molar-refractivity contribution in [3.05, 3.63) is 29.8 Å². The molecule has 0 saturated carbocycles. The fourth-order valence-electron chi connectivity index (χ4n) is 1.70. The number of amides is 2. The highest BCUT2D eigenvalue weighted by Gasteiger charge is 2.06. The van der Waals surface area contributed by atoms with Crippen LogP contribution in [0.2, 0.25) is 0 Å². The van der Waals surface area contributed by atoms with E-state index in [1.807, 2.05) is 32.2 Å². The van der Waals surface area contributed by atoms with Gasteiger partial charge in [0, 0.05) is 18.3 Å². The molecule has 21 heavy (non-hydrogen) atoms. The summed E-state index contributed by atoms with van der Waals surface area (Å²) in [4.78, 5) is 11.7. The summed E-state index contributed by atoms with van der Waals surface area (Å²) < 4.78 is 21.5. The van der Waals surface area contributed by atoms with Gasteiger partial charge in [-0.05, 0) is 38.1 Å². The van der Waals surface area contributed by atoms with Crippen LogP contribution in [0.4, 0.5) is 10.5 Å². The van der Waals surface area contributed by atoms with Gasteiger partial charge in [0.1, 0.15) is 0 Å². The van der Waals surface area contributed by atoms with Crippen molar-refractivity contribution in [3.63, 3.8) is 0 Å². The number of carbonyl (C=O) groups is 1. The predicted molar refractivity (Wildman–Crippen MR) is 83.5 cm³/mol. The van der Waals surface area contributed by atoms with Crippen LogP contribution < -0.4 is 21.1 Å². The van der Waals surface area contributed by atoms with Gasteiger partial charge < -0.3 is 16.0 Å². The van der Waals surface area contributed by atoms with Gasteiger partial charge in [-0.15, -0.1) is 0 Å². The van der Waals surface area contributed by atoms with Crippen LogP contribution in [0.5, 0.6) is 0 Å². The third-order valence-electron chi connectivity index (χ3n) is 2.97. The zero-order valence-corrected chi connectivity index (χ0v) is 13.0.